The van der Waals surface area contributed by atoms with Crippen molar-refractivity contribution in [1.29, 1.82) is 0 Å². The van der Waals surface area contributed by atoms with Gasteiger partial charge in [-0.05, 0) is 30.3 Å². The number of carbonyl (C=O) groups excluding carboxylic acids is 1. The lowest BCUT2D eigenvalue weighted by molar-refractivity contribution is -0.133. The number of ketones is 1. The number of carboxylic acids is 1. The van der Waals surface area contributed by atoms with Crippen molar-refractivity contribution >= 4 is 35.3 Å². The van der Waals surface area contributed by atoms with Gasteiger partial charge in [0.2, 0.25) is 0 Å². The lowest BCUT2D eigenvalue weighted by atomic mass is 9.99. The third-order valence-electron chi connectivity index (χ3n) is 4.87. The molecule has 4 atom stereocenters. The molecule has 0 heterocycles. The first-order valence-electron chi connectivity index (χ1n) is 9.28. The van der Waals surface area contributed by atoms with Gasteiger partial charge in [-0.1, -0.05) is 37.5 Å². The van der Waals surface area contributed by atoms with Gasteiger partial charge in [0.1, 0.15) is 11.9 Å². The van der Waals surface area contributed by atoms with E-state index in [1.165, 1.54) is 36.4 Å². The number of hydrogen-bond donors (Lipinski definition) is 3. The largest absolute Gasteiger partial charge is 0.481 e. The molecule has 26 heavy (non-hydrogen) atoms. The molecule has 2 aliphatic carbocycles. The number of hydrogen-bond acceptors (Lipinski definition) is 6. The molecule has 5 nitrogen and oxygen atoms in total. The van der Waals surface area contributed by atoms with Crippen molar-refractivity contribution in [2.24, 2.45) is 11.8 Å². The van der Waals surface area contributed by atoms with Crippen molar-refractivity contribution in [2.75, 3.05) is 17.3 Å². The number of carboxylic acid groups (broad SMARTS) is 1. The van der Waals surface area contributed by atoms with Crippen molar-refractivity contribution in [3.8, 4) is 11.8 Å². The van der Waals surface area contributed by atoms with Crippen LogP contribution in [0.1, 0.15) is 44.9 Å². The second-order valence-electron chi connectivity index (χ2n) is 7.05. The van der Waals surface area contributed by atoms with E-state index in [2.05, 4.69) is 11.8 Å². The van der Waals surface area contributed by atoms with Crippen molar-refractivity contribution in [3.63, 3.8) is 0 Å². The summed E-state index contributed by atoms with van der Waals surface area (Å²) in [6, 6.07) is 0. The first-order chi connectivity index (χ1) is 12.5. The maximum Gasteiger partial charge on any atom is 0.313 e. The summed E-state index contributed by atoms with van der Waals surface area (Å²) in [5, 5.41) is 28.5. The van der Waals surface area contributed by atoms with Gasteiger partial charge in [0, 0.05) is 6.42 Å². The van der Waals surface area contributed by atoms with E-state index in [0.29, 0.717) is 12.3 Å². The predicted molar refractivity (Wildman–Crippen MR) is 105 cm³/mol. The average molecular weight is 401 g/mol. The lowest BCUT2D eigenvalue weighted by Gasteiger charge is -2.15. The summed E-state index contributed by atoms with van der Waals surface area (Å²) in [5.41, 5.74) is 0. The van der Waals surface area contributed by atoms with Crippen LogP contribution in [0.25, 0.3) is 0 Å². The van der Waals surface area contributed by atoms with Crippen LogP contribution in [0.5, 0.6) is 0 Å². The summed E-state index contributed by atoms with van der Waals surface area (Å²) in [4.78, 5) is 22.6. The third-order valence-corrected chi connectivity index (χ3v) is 7.34. The van der Waals surface area contributed by atoms with Gasteiger partial charge in [-0.3, -0.25) is 9.59 Å². The monoisotopic (exact) mass is 400 g/mol. The number of Topliss-reactive ketones (excluding diaryl/α,β-unsaturated/α-hetero) is 1. The minimum absolute atomic E-state index is 0.0188. The van der Waals surface area contributed by atoms with Gasteiger partial charge in [-0.25, -0.2) is 0 Å². The number of carbonyl (C=O) groups is 2. The molecule has 0 aliphatic heterocycles. The van der Waals surface area contributed by atoms with Crippen molar-refractivity contribution in [2.45, 2.75) is 62.4 Å². The molecule has 2 aliphatic rings. The van der Waals surface area contributed by atoms with Crippen LogP contribution in [0, 0.1) is 23.7 Å². The second-order valence-corrected chi connectivity index (χ2v) is 9.40. The van der Waals surface area contributed by atoms with E-state index in [0.717, 1.165) is 30.8 Å². The van der Waals surface area contributed by atoms with E-state index < -0.39 is 24.1 Å². The standard InChI is InChI=1S/C19H28O5S2/c20-14(10-13-4-1-2-5-13)6-7-15-16(21)11-17(22)19(15)26-9-3-8-25-12-18(23)24/h13-16,19-21H,1-5,8-12H2,(H,23,24)/t14-,15+,16-,19-/m1/s1. The summed E-state index contributed by atoms with van der Waals surface area (Å²) < 4.78 is 0. The van der Waals surface area contributed by atoms with Gasteiger partial charge >= 0.3 is 5.97 Å². The minimum Gasteiger partial charge on any atom is -0.481 e. The quantitative estimate of drug-likeness (QED) is 0.403. The summed E-state index contributed by atoms with van der Waals surface area (Å²) in [6.45, 7) is 0. The SMILES string of the molecule is O=C(O)CSCCCS[C@H]1C(=O)C[C@@H](O)[C@@H]1C#C[C@@H](O)CC1CCCC1. The summed E-state index contributed by atoms with van der Waals surface area (Å²) in [7, 11) is 0. The molecule has 0 amide bonds. The van der Waals surface area contributed by atoms with Crippen molar-refractivity contribution in [3.05, 3.63) is 0 Å². The Labute approximate surface area is 163 Å². The average Bonchev–Trinajstić information content (AvgIpc) is 3.17. The Morgan fingerprint density at radius 1 is 1.27 bits per heavy atom. The highest BCUT2D eigenvalue weighted by Crippen LogP contribution is 2.33. The Morgan fingerprint density at radius 2 is 2.00 bits per heavy atom. The fourth-order valence-electron chi connectivity index (χ4n) is 3.56. The molecule has 0 saturated heterocycles. The van der Waals surface area contributed by atoms with Crippen LogP contribution in [0.2, 0.25) is 0 Å². The molecular weight excluding hydrogens is 372 g/mol. The van der Waals surface area contributed by atoms with E-state index in [1.54, 1.807) is 0 Å². The number of aliphatic hydroxyl groups is 2. The Morgan fingerprint density at radius 3 is 2.69 bits per heavy atom. The maximum atomic E-state index is 12.1. The lowest BCUT2D eigenvalue weighted by Crippen LogP contribution is -2.22. The van der Waals surface area contributed by atoms with Crippen LogP contribution in [-0.2, 0) is 9.59 Å². The molecule has 0 aromatic carbocycles. The molecule has 0 unspecified atom stereocenters. The molecule has 0 aromatic rings. The highest BCUT2D eigenvalue weighted by Gasteiger charge is 2.40. The van der Waals surface area contributed by atoms with E-state index in [9.17, 15) is 19.8 Å². The number of rotatable bonds is 9. The molecule has 3 N–H and O–H groups in total. The van der Waals surface area contributed by atoms with Crippen LogP contribution < -0.4 is 0 Å². The molecule has 0 bridgehead atoms. The van der Waals surface area contributed by atoms with Gasteiger partial charge in [0.25, 0.3) is 0 Å². The van der Waals surface area contributed by atoms with Crippen molar-refractivity contribution in [1.82, 2.24) is 0 Å². The van der Waals surface area contributed by atoms with E-state index in [4.69, 9.17) is 5.11 Å². The van der Waals surface area contributed by atoms with Gasteiger partial charge in [-0.2, -0.15) is 11.8 Å². The molecule has 146 valence electrons. The minimum atomic E-state index is -0.816. The van der Waals surface area contributed by atoms with E-state index >= 15 is 0 Å². The fourth-order valence-corrected chi connectivity index (χ4v) is 5.72. The van der Waals surface area contributed by atoms with Crippen LogP contribution in [0.3, 0.4) is 0 Å². The van der Waals surface area contributed by atoms with Crippen LogP contribution >= 0.6 is 23.5 Å². The molecule has 7 heteroatoms. The number of aliphatic carboxylic acids is 1. The Kier molecular flexibility index (Phi) is 9.34. The molecule has 0 spiro atoms. The third kappa shape index (κ3) is 7.15. The predicted octanol–water partition coefficient (Wildman–Crippen LogP) is 2.19. The molecular formula is C19H28O5S2. The highest BCUT2D eigenvalue weighted by molar-refractivity contribution is 8.01. The molecule has 2 rings (SSSR count). The van der Waals surface area contributed by atoms with Crippen LogP contribution in [0.4, 0.5) is 0 Å². The highest BCUT2D eigenvalue weighted by atomic mass is 32.2. The summed E-state index contributed by atoms with van der Waals surface area (Å²) >= 11 is 2.86. The molecule has 2 saturated carbocycles. The van der Waals surface area contributed by atoms with Crippen molar-refractivity contribution < 1.29 is 24.9 Å². The molecule has 2 fully saturated rings. The fraction of sp³-hybridized carbons (Fsp3) is 0.789. The Balaban J connectivity index is 1.78. The summed E-state index contributed by atoms with van der Waals surface area (Å²) in [5.74, 6) is 6.74. The van der Waals surface area contributed by atoms with E-state index in [1.807, 2.05) is 0 Å². The molecule has 0 radical (unpaired) electrons. The van der Waals surface area contributed by atoms with Crippen LogP contribution in [-0.4, -0.2) is 61.8 Å². The Bertz CT molecular complexity index is 536. The Hall–Kier alpha value is -0.680. The topological polar surface area (TPSA) is 94.8 Å². The van der Waals surface area contributed by atoms with Crippen LogP contribution in [0.15, 0.2) is 0 Å². The van der Waals surface area contributed by atoms with Gasteiger partial charge < -0.3 is 15.3 Å². The zero-order valence-electron chi connectivity index (χ0n) is 14.9. The number of thioether (sulfide) groups is 2. The summed E-state index contributed by atoms with van der Waals surface area (Å²) in [6.07, 6.45) is 4.95. The molecule has 0 aromatic heterocycles. The first-order valence-corrected chi connectivity index (χ1v) is 11.5. The van der Waals surface area contributed by atoms with Gasteiger partial charge in [0.05, 0.1) is 23.0 Å². The van der Waals surface area contributed by atoms with E-state index in [-0.39, 0.29) is 23.2 Å². The maximum absolute atomic E-state index is 12.1. The zero-order chi connectivity index (χ0) is 18.9. The second kappa shape index (κ2) is 11.2. The first kappa shape index (κ1) is 21.6. The zero-order valence-corrected chi connectivity index (χ0v) is 16.6. The number of aliphatic hydroxyl groups excluding tert-OH is 2. The van der Waals surface area contributed by atoms with Gasteiger partial charge in [0.15, 0.2) is 0 Å². The normalized spacial score (nSPS) is 27.3. The smallest absolute Gasteiger partial charge is 0.313 e. The van der Waals surface area contributed by atoms with Gasteiger partial charge in [-0.15, -0.1) is 11.8 Å².